The zero-order valence-corrected chi connectivity index (χ0v) is 17.3. The summed E-state index contributed by atoms with van der Waals surface area (Å²) < 4.78 is 0. The first-order valence-corrected chi connectivity index (χ1v) is 10.3. The number of hydrogen-bond donors (Lipinski definition) is 2. The van der Waals surface area contributed by atoms with Crippen LogP contribution in [0, 0.1) is 0 Å². The third kappa shape index (κ3) is 5.90. The lowest BCUT2D eigenvalue weighted by atomic mass is 10.1. The zero-order valence-electron chi connectivity index (χ0n) is 17.3. The van der Waals surface area contributed by atoms with Crippen LogP contribution in [0.15, 0.2) is 54.6 Å². The number of para-hydroxylation sites is 1. The lowest BCUT2D eigenvalue weighted by molar-refractivity contribution is -0.132. The molecule has 1 heterocycles. The fraction of sp³-hybridized carbons (Fsp3) is 0.348. The summed E-state index contributed by atoms with van der Waals surface area (Å²) in [5, 5.41) is 5.65. The summed E-state index contributed by atoms with van der Waals surface area (Å²) in [7, 11) is 0. The van der Waals surface area contributed by atoms with Crippen LogP contribution < -0.4 is 10.6 Å². The van der Waals surface area contributed by atoms with Gasteiger partial charge in [-0.3, -0.25) is 19.3 Å². The number of hydrogen-bond acceptors (Lipinski definition) is 4. The number of nitrogens with one attached hydrogen (secondary N) is 2. The molecule has 3 amide bonds. The smallest absolute Gasteiger partial charge is 0.251 e. The van der Waals surface area contributed by atoms with Crippen molar-refractivity contribution >= 4 is 23.4 Å². The van der Waals surface area contributed by atoms with Crippen molar-refractivity contribution in [3.05, 3.63) is 65.7 Å². The van der Waals surface area contributed by atoms with Gasteiger partial charge in [0.15, 0.2) is 0 Å². The molecule has 0 aliphatic carbocycles. The molecule has 0 spiro atoms. The molecule has 0 aromatic heterocycles. The van der Waals surface area contributed by atoms with E-state index in [0.717, 1.165) is 17.7 Å². The quantitative estimate of drug-likeness (QED) is 0.732. The Morgan fingerprint density at radius 1 is 0.900 bits per heavy atom. The Morgan fingerprint density at radius 2 is 1.57 bits per heavy atom. The molecule has 3 rings (SSSR count). The highest BCUT2D eigenvalue weighted by molar-refractivity contribution is 5.96. The lowest BCUT2D eigenvalue weighted by Gasteiger charge is -2.34. The predicted molar refractivity (Wildman–Crippen MR) is 116 cm³/mol. The molecule has 7 heteroatoms. The average Bonchev–Trinajstić information content (AvgIpc) is 2.78. The van der Waals surface area contributed by atoms with E-state index in [4.69, 9.17) is 0 Å². The van der Waals surface area contributed by atoms with E-state index in [-0.39, 0.29) is 24.3 Å². The van der Waals surface area contributed by atoms with Gasteiger partial charge in [0.2, 0.25) is 11.8 Å². The molecular weight excluding hydrogens is 380 g/mol. The summed E-state index contributed by atoms with van der Waals surface area (Å²) in [5.41, 5.74) is 2.50. The van der Waals surface area contributed by atoms with Crippen LogP contribution in [0.1, 0.15) is 22.8 Å². The van der Waals surface area contributed by atoms with Crippen LogP contribution in [0.3, 0.4) is 0 Å². The number of nitrogens with zero attached hydrogens (tertiary/aromatic N) is 2. The Labute approximate surface area is 177 Å². The van der Waals surface area contributed by atoms with Crippen molar-refractivity contribution < 1.29 is 14.4 Å². The Bertz CT molecular complexity index is 877. The van der Waals surface area contributed by atoms with Gasteiger partial charge in [0.25, 0.3) is 5.91 Å². The van der Waals surface area contributed by atoms with Gasteiger partial charge in [0.05, 0.1) is 13.1 Å². The average molecular weight is 409 g/mol. The van der Waals surface area contributed by atoms with Gasteiger partial charge in [0.1, 0.15) is 0 Å². The number of rotatable bonds is 7. The summed E-state index contributed by atoms with van der Waals surface area (Å²) in [6, 6.07) is 16.6. The number of benzene rings is 2. The molecule has 158 valence electrons. The second kappa shape index (κ2) is 10.5. The maximum absolute atomic E-state index is 12.4. The van der Waals surface area contributed by atoms with Crippen LogP contribution in [0.4, 0.5) is 5.69 Å². The first-order valence-electron chi connectivity index (χ1n) is 10.3. The lowest BCUT2D eigenvalue weighted by Crippen LogP contribution is -2.52. The van der Waals surface area contributed by atoms with Crippen molar-refractivity contribution in [1.82, 2.24) is 15.1 Å². The van der Waals surface area contributed by atoms with Crippen molar-refractivity contribution in [2.24, 2.45) is 0 Å². The summed E-state index contributed by atoms with van der Waals surface area (Å²) in [6.45, 7) is 4.66. The first kappa shape index (κ1) is 21.5. The van der Waals surface area contributed by atoms with Crippen LogP contribution in [0.2, 0.25) is 0 Å². The minimum Gasteiger partial charge on any atom is -0.343 e. The van der Waals surface area contributed by atoms with Crippen LogP contribution >= 0.6 is 0 Å². The Balaban J connectivity index is 1.40. The summed E-state index contributed by atoms with van der Waals surface area (Å²) >= 11 is 0. The van der Waals surface area contributed by atoms with E-state index in [1.807, 2.05) is 35.2 Å². The number of amides is 3. The molecule has 7 nitrogen and oxygen atoms in total. The second-order valence-electron chi connectivity index (χ2n) is 7.26. The van der Waals surface area contributed by atoms with Gasteiger partial charge in [-0.2, -0.15) is 0 Å². The van der Waals surface area contributed by atoms with Crippen molar-refractivity contribution in [3.8, 4) is 0 Å². The molecule has 0 bridgehead atoms. The standard InChI is InChI=1S/C23H28N4O3/c1-2-18-8-6-7-11-20(18)25-21(28)17-26-12-14-27(15-13-26)22(29)16-24-23(30)19-9-4-3-5-10-19/h3-11H,2,12-17H2,1H3,(H,24,30)(H,25,28). The topological polar surface area (TPSA) is 81.8 Å². The van der Waals surface area contributed by atoms with Gasteiger partial charge in [-0.25, -0.2) is 0 Å². The van der Waals surface area contributed by atoms with Gasteiger partial charge in [-0.1, -0.05) is 43.3 Å². The number of carbonyl (C=O) groups excluding carboxylic acids is 3. The minimum absolute atomic E-state index is 0.0258. The zero-order chi connectivity index (χ0) is 21.3. The Morgan fingerprint density at radius 3 is 2.27 bits per heavy atom. The van der Waals surface area contributed by atoms with Crippen LogP contribution in [0.5, 0.6) is 0 Å². The number of piperazine rings is 1. The number of anilines is 1. The molecule has 2 aromatic carbocycles. The molecule has 30 heavy (non-hydrogen) atoms. The van der Waals surface area contributed by atoms with Crippen LogP contribution in [0.25, 0.3) is 0 Å². The molecule has 0 saturated carbocycles. The van der Waals surface area contributed by atoms with E-state index in [9.17, 15) is 14.4 Å². The van der Waals surface area contributed by atoms with E-state index in [0.29, 0.717) is 38.3 Å². The highest BCUT2D eigenvalue weighted by atomic mass is 16.2. The number of carbonyl (C=O) groups is 3. The first-order chi connectivity index (χ1) is 14.6. The van der Waals surface area contributed by atoms with Gasteiger partial charge in [0, 0.05) is 37.4 Å². The van der Waals surface area contributed by atoms with Gasteiger partial charge in [-0.15, -0.1) is 0 Å². The van der Waals surface area contributed by atoms with Gasteiger partial charge >= 0.3 is 0 Å². The largest absolute Gasteiger partial charge is 0.343 e. The maximum Gasteiger partial charge on any atom is 0.251 e. The van der Waals surface area contributed by atoms with E-state index < -0.39 is 0 Å². The van der Waals surface area contributed by atoms with Crippen molar-refractivity contribution in [3.63, 3.8) is 0 Å². The van der Waals surface area contributed by atoms with Crippen molar-refractivity contribution in [1.29, 1.82) is 0 Å². The fourth-order valence-electron chi connectivity index (χ4n) is 3.46. The second-order valence-corrected chi connectivity index (χ2v) is 7.26. The molecule has 1 saturated heterocycles. The van der Waals surface area contributed by atoms with E-state index in [1.54, 1.807) is 29.2 Å². The van der Waals surface area contributed by atoms with E-state index in [1.165, 1.54) is 0 Å². The Kier molecular flexibility index (Phi) is 7.57. The van der Waals surface area contributed by atoms with Crippen LogP contribution in [-0.2, 0) is 16.0 Å². The monoisotopic (exact) mass is 408 g/mol. The molecule has 1 fully saturated rings. The Hall–Kier alpha value is -3.19. The van der Waals surface area contributed by atoms with Gasteiger partial charge in [-0.05, 0) is 30.2 Å². The third-order valence-electron chi connectivity index (χ3n) is 5.20. The molecule has 2 N–H and O–H groups in total. The molecule has 0 unspecified atom stereocenters. The predicted octanol–water partition coefficient (Wildman–Crippen LogP) is 1.76. The summed E-state index contributed by atoms with van der Waals surface area (Å²) in [5.74, 6) is -0.419. The number of aryl methyl sites for hydroxylation is 1. The molecule has 0 atom stereocenters. The third-order valence-corrected chi connectivity index (χ3v) is 5.20. The molecule has 1 aliphatic heterocycles. The molecule has 1 aliphatic rings. The van der Waals surface area contributed by atoms with Gasteiger partial charge < -0.3 is 15.5 Å². The van der Waals surface area contributed by atoms with E-state index in [2.05, 4.69) is 17.6 Å². The van der Waals surface area contributed by atoms with Crippen molar-refractivity contribution in [2.45, 2.75) is 13.3 Å². The van der Waals surface area contributed by atoms with Crippen LogP contribution in [-0.4, -0.2) is 66.8 Å². The SMILES string of the molecule is CCc1ccccc1NC(=O)CN1CCN(C(=O)CNC(=O)c2ccccc2)CC1. The molecular formula is C23H28N4O3. The maximum atomic E-state index is 12.4. The fourth-order valence-corrected chi connectivity index (χ4v) is 3.46. The summed E-state index contributed by atoms with van der Waals surface area (Å²) in [4.78, 5) is 40.6. The minimum atomic E-state index is -0.258. The highest BCUT2D eigenvalue weighted by Gasteiger charge is 2.23. The normalized spacial score (nSPS) is 14.2. The molecule has 0 radical (unpaired) electrons. The van der Waals surface area contributed by atoms with Crippen molar-refractivity contribution in [2.75, 3.05) is 44.6 Å². The summed E-state index contributed by atoms with van der Waals surface area (Å²) in [6.07, 6.45) is 0.859. The highest BCUT2D eigenvalue weighted by Crippen LogP contribution is 2.15. The molecule has 2 aromatic rings. The van der Waals surface area contributed by atoms with E-state index >= 15 is 0 Å².